The predicted molar refractivity (Wildman–Crippen MR) is 198 cm³/mol. The van der Waals surface area contributed by atoms with Gasteiger partial charge in [0.25, 0.3) is 15.9 Å². The Morgan fingerprint density at radius 1 is 0.860 bits per heavy atom. The molecular formula is C36H34Cl2N2O8S2. The number of hydrogen-bond donors (Lipinski definition) is 1. The third-order valence-electron chi connectivity index (χ3n) is 7.22. The number of amides is 1. The molecule has 0 fully saturated rings. The summed E-state index contributed by atoms with van der Waals surface area (Å²) >= 11 is 13.2. The molecule has 10 nitrogen and oxygen atoms in total. The minimum absolute atomic E-state index is 0.0141. The second kappa shape index (κ2) is 17.4. The van der Waals surface area contributed by atoms with Gasteiger partial charge in [-0.2, -0.15) is 0 Å². The number of sulfonamides is 1. The lowest BCUT2D eigenvalue weighted by molar-refractivity contribution is -0.112. The SMILES string of the molecule is CCOc1ccc(N(C)S(=O)(=O)/C(CC)=C(/SCCl)C(=O)Nc2cc(Cl)cc(C(=O)Oc3ccc(C(=O)c4ccccc4)cc3)c2)cc1OC. The van der Waals surface area contributed by atoms with Gasteiger partial charge >= 0.3 is 5.97 Å². The van der Waals surface area contributed by atoms with E-state index in [2.05, 4.69) is 5.32 Å². The molecule has 0 aromatic heterocycles. The van der Waals surface area contributed by atoms with Gasteiger partial charge in [-0.3, -0.25) is 13.9 Å². The monoisotopic (exact) mass is 756 g/mol. The number of carbonyl (C=O) groups excluding carboxylic acids is 3. The first-order valence-electron chi connectivity index (χ1n) is 15.2. The van der Waals surface area contributed by atoms with Gasteiger partial charge in [0.1, 0.15) is 5.75 Å². The molecule has 0 aliphatic heterocycles. The number of methoxy groups -OCH3 is 1. The van der Waals surface area contributed by atoms with Crippen LogP contribution < -0.4 is 23.8 Å². The molecule has 0 aliphatic rings. The molecule has 0 spiro atoms. The summed E-state index contributed by atoms with van der Waals surface area (Å²) in [7, 11) is -1.44. The van der Waals surface area contributed by atoms with Gasteiger partial charge in [-0.1, -0.05) is 48.9 Å². The highest BCUT2D eigenvalue weighted by atomic mass is 35.5. The minimum Gasteiger partial charge on any atom is -0.493 e. The maximum absolute atomic E-state index is 13.9. The summed E-state index contributed by atoms with van der Waals surface area (Å²) in [6.07, 6.45) is -0.0314. The van der Waals surface area contributed by atoms with Crippen LogP contribution in [0.15, 0.2) is 101 Å². The Hall–Kier alpha value is -4.49. The van der Waals surface area contributed by atoms with Crippen LogP contribution in [0.5, 0.6) is 17.2 Å². The third-order valence-corrected chi connectivity index (χ3v) is 10.8. The molecule has 4 aromatic rings. The van der Waals surface area contributed by atoms with E-state index in [0.29, 0.717) is 29.2 Å². The van der Waals surface area contributed by atoms with Crippen molar-refractivity contribution in [2.75, 3.05) is 35.6 Å². The summed E-state index contributed by atoms with van der Waals surface area (Å²) in [6.45, 7) is 3.82. The first kappa shape index (κ1) is 38.3. The number of nitrogens with zero attached hydrogens (tertiary/aromatic N) is 1. The Balaban J connectivity index is 1.56. The molecule has 14 heteroatoms. The van der Waals surface area contributed by atoms with Crippen molar-refractivity contribution in [3.8, 4) is 17.2 Å². The molecule has 4 aromatic carbocycles. The van der Waals surface area contributed by atoms with E-state index < -0.39 is 21.9 Å². The largest absolute Gasteiger partial charge is 0.493 e. The van der Waals surface area contributed by atoms with E-state index >= 15 is 0 Å². The molecule has 1 amide bonds. The van der Waals surface area contributed by atoms with Gasteiger partial charge in [0.05, 0.1) is 40.0 Å². The fourth-order valence-corrected chi connectivity index (χ4v) is 7.85. The topological polar surface area (TPSA) is 128 Å². The number of rotatable bonds is 15. The number of allylic oxidation sites excluding steroid dienone is 1. The number of thioether (sulfide) groups is 1. The zero-order chi connectivity index (χ0) is 36.4. The average molecular weight is 758 g/mol. The number of carbonyl (C=O) groups is 3. The van der Waals surface area contributed by atoms with Crippen molar-refractivity contribution >= 4 is 74.0 Å². The lowest BCUT2D eigenvalue weighted by Crippen LogP contribution is -2.30. The number of hydrogen-bond acceptors (Lipinski definition) is 9. The summed E-state index contributed by atoms with van der Waals surface area (Å²) in [6, 6.07) is 23.7. The number of ketones is 1. The Kier molecular flexibility index (Phi) is 13.4. The first-order chi connectivity index (χ1) is 23.9. The van der Waals surface area contributed by atoms with Gasteiger partial charge in [0, 0.05) is 35.0 Å². The lowest BCUT2D eigenvalue weighted by Gasteiger charge is -2.23. The molecule has 0 bridgehead atoms. The molecule has 0 heterocycles. The fraction of sp³-hybridized carbons (Fsp3) is 0.194. The summed E-state index contributed by atoms with van der Waals surface area (Å²) in [4.78, 5) is 39.1. The van der Waals surface area contributed by atoms with Crippen molar-refractivity contribution < 1.29 is 37.0 Å². The van der Waals surface area contributed by atoms with Crippen molar-refractivity contribution in [1.82, 2.24) is 0 Å². The second-order valence-corrected chi connectivity index (χ2v) is 14.4. The smallest absolute Gasteiger partial charge is 0.343 e. The summed E-state index contributed by atoms with van der Waals surface area (Å²) < 4.78 is 45.3. The number of alkyl halides is 1. The molecule has 50 heavy (non-hydrogen) atoms. The maximum atomic E-state index is 13.9. The number of benzene rings is 4. The molecule has 4 rings (SSSR count). The molecule has 0 atom stereocenters. The van der Waals surface area contributed by atoms with Gasteiger partial charge < -0.3 is 19.5 Å². The Morgan fingerprint density at radius 3 is 2.16 bits per heavy atom. The highest BCUT2D eigenvalue weighted by Gasteiger charge is 2.30. The Bertz CT molecular complexity index is 2000. The first-order valence-corrected chi connectivity index (χ1v) is 18.5. The van der Waals surface area contributed by atoms with Gasteiger partial charge in [0.15, 0.2) is 17.3 Å². The molecule has 262 valence electrons. The number of nitrogens with one attached hydrogen (secondary N) is 1. The van der Waals surface area contributed by atoms with Crippen LogP contribution in [0.1, 0.15) is 46.5 Å². The van der Waals surface area contributed by atoms with Crippen LogP contribution in [0.3, 0.4) is 0 Å². The van der Waals surface area contributed by atoms with Crippen LogP contribution in [-0.4, -0.2) is 52.1 Å². The van der Waals surface area contributed by atoms with Crippen molar-refractivity contribution in [3.63, 3.8) is 0 Å². The van der Waals surface area contributed by atoms with E-state index in [4.69, 9.17) is 37.4 Å². The molecule has 0 saturated heterocycles. The molecule has 0 radical (unpaired) electrons. The van der Waals surface area contributed by atoms with Gasteiger partial charge in [0.2, 0.25) is 0 Å². The summed E-state index contributed by atoms with van der Waals surface area (Å²) in [5.41, 5.74) is 1.35. The predicted octanol–water partition coefficient (Wildman–Crippen LogP) is 8.15. The van der Waals surface area contributed by atoms with E-state index in [1.54, 1.807) is 55.5 Å². The maximum Gasteiger partial charge on any atom is 0.343 e. The summed E-state index contributed by atoms with van der Waals surface area (Å²) in [5.74, 6) is -0.754. The van der Waals surface area contributed by atoms with E-state index in [1.807, 2.05) is 13.0 Å². The molecular weight excluding hydrogens is 723 g/mol. The molecule has 0 aliphatic carbocycles. The van der Waals surface area contributed by atoms with E-state index in [-0.39, 0.29) is 54.9 Å². The Labute approximate surface area is 305 Å². The van der Waals surface area contributed by atoms with E-state index in [0.717, 1.165) is 16.1 Å². The Morgan fingerprint density at radius 2 is 1.54 bits per heavy atom. The van der Waals surface area contributed by atoms with Crippen molar-refractivity contribution in [3.05, 3.63) is 123 Å². The average Bonchev–Trinajstić information content (AvgIpc) is 3.11. The van der Waals surface area contributed by atoms with Gasteiger partial charge in [-0.05, 0) is 67.9 Å². The van der Waals surface area contributed by atoms with Crippen LogP contribution in [0, 0.1) is 0 Å². The van der Waals surface area contributed by atoms with Crippen LogP contribution in [0.25, 0.3) is 0 Å². The third kappa shape index (κ3) is 9.19. The highest BCUT2D eigenvalue weighted by molar-refractivity contribution is 8.06. The minimum atomic E-state index is -4.25. The number of anilines is 2. The number of esters is 1. The number of ether oxygens (including phenoxy) is 3. The zero-order valence-electron chi connectivity index (χ0n) is 27.6. The van der Waals surface area contributed by atoms with Gasteiger partial charge in [-0.25, -0.2) is 13.2 Å². The van der Waals surface area contributed by atoms with Crippen molar-refractivity contribution in [1.29, 1.82) is 0 Å². The summed E-state index contributed by atoms with van der Waals surface area (Å²) in [5, 5.41) is 2.63. The lowest BCUT2D eigenvalue weighted by atomic mass is 10.0. The van der Waals surface area contributed by atoms with E-state index in [1.165, 1.54) is 50.6 Å². The normalized spacial score (nSPS) is 11.6. The van der Waals surface area contributed by atoms with Crippen LogP contribution >= 0.6 is 35.0 Å². The second-order valence-electron chi connectivity index (χ2n) is 10.4. The van der Waals surface area contributed by atoms with Gasteiger partial charge in [-0.15, -0.1) is 23.4 Å². The van der Waals surface area contributed by atoms with E-state index in [9.17, 15) is 22.8 Å². The molecule has 0 saturated carbocycles. The quantitative estimate of drug-likeness (QED) is 0.0420. The standard InChI is InChI=1S/C36H34Cl2N2O8S2/c1-5-32(50(44,45)40(3)28-14-17-30(47-6-2)31(21-28)46-4)34(49-22-37)35(42)39-27-19-25(18-26(38)20-27)36(43)48-29-15-12-24(13-16-29)33(41)23-10-8-7-9-11-23/h7-21H,5-6,22H2,1-4H3,(H,39,42)/b34-32+. The molecule has 0 unspecified atom stereocenters. The highest BCUT2D eigenvalue weighted by Crippen LogP contribution is 2.36. The zero-order valence-corrected chi connectivity index (χ0v) is 30.7. The van der Waals surface area contributed by atoms with Crippen LogP contribution in [0.4, 0.5) is 11.4 Å². The fourth-order valence-electron chi connectivity index (χ4n) is 4.78. The van der Waals surface area contributed by atoms with Crippen LogP contribution in [0.2, 0.25) is 5.02 Å². The van der Waals surface area contributed by atoms with Crippen LogP contribution in [-0.2, 0) is 14.8 Å². The number of halogens is 2. The molecule has 1 N–H and O–H groups in total. The van der Waals surface area contributed by atoms with Crippen molar-refractivity contribution in [2.24, 2.45) is 0 Å². The van der Waals surface area contributed by atoms with Crippen molar-refractivity contribution in [2.45, 2.75) is 20.3 Å².